The van der Waals surface area contributed by atoms with Gasteiger partial charge in [-0.05, 0) is 68.9 Å². The van der Waals surface area contributed by atoms with Crippen LogP contribution < -0.4 is 25.2 Å². The van der Waals surface area contributed by atoms with E-state index in [-0.39, 0.29) is 17.9 Å². The van der Waals surface area contributed by atoms with E-state index in [0.717, 1.165) is 43.0 Å². The zero-order chi connectivity index (χ0) is 26.8. The van der Waals surface area contributed by atoms with Crippen LogP contribution in [0.5, 0.6) is 5.75 Å². The van der Waals surface area contributed by atoms with Crippen molar-refractivity contribution in [3.05, 3.63) is 65.9 Å². The lowest BCUT2D eigenvalue weighted by molar-refractivity contribution is 0.0921. The second-order valence-corrected chi connectivity index (χ2v) is 10.2. The van der Waals surface area contributed by atoms with Crippen molar-refractivity contribution >= 4 is 40.4 Å². The number of hydrogen-bond donors (Lipinski definition) is 2. The van der Waals surface area contributed by atoms with Crippen LogP contribution in [0.3, 0.4) is 0 Å². The number of carbonyl (C=O) groups excluding carboxylic acids is 2. The predicted octanol–water partition coefficient (Wildman–Crippen LogP) is 5.89. The SMILES string of the molecule is CCOc1cc(C(=O)NC2CCC(C)CC2)ccc1Nc1cc2c(cn1)N(C)C(=O)c1ccccc1N2C. The van der Waals surface area contributed by atoms with Crippen molar-refractivity contribution in [2.24, 2.45) is 5.92 Å². The van der Waals surface area contributed by atoms with E-state index in [1.54, 1.807) is 24.2 Å². The number of benzene rings is 2. The number of ether oxygens (including phenoxy) is 1. The Bertz CT molecular complexity index is 1350. The Balaban J connectivity index is 1.40. The van der Waals surface area contributed by atoms with E-state index in [1.165, 1.54) is 0 Å². The van der Waals surface area contributed by atoms with Gasteiger partial charge in [-0.25, -0.2) is 4.98 Å². The Morgan fingerprint density at radius 2 is 1.76 bits per heavy atom. The standard InChI is InChI=1S/C30H35N5O3/c1-5-38-27-16-20(29(36)32-21-13-10-19(2)11-14-21)12-15-23(27)33-28-17-25-26(18-31-28)35(4)30(37)22-8-6-7-9-24(22)34(25)3/h6-9,12,15-19,21H,5,10-11,13-14H2,1-4H3,(H,31,33)(H,32,36). The topological polar surface area (TPSA) is 86.8 Å². The number of aromatic nitrogens is 1. The largest absolute Gasteiger partial charge is 0.492 e. The first-order valence-electron chi connectivity index (χ1n) is 13.3. The Labute approximate surface area is 224 Å². The number of nitrogens with one attached hydrogen (secondary N) is 2. The number of amides is 2. The first kappa shape index (κ1) is 25.6. The number of hydrogen-bond acceptors (Lipinski definition) is 6. The Morgan fingerprint density at radius 3 is 2.53 bits per heavy atom. The van der Waals surface area contributed by atoms with Crippen LogP contribution in [-0.4, -0.2) is 43.5 Å². The minimum Gasteiger partial charge on any atom is -0.492 e. The first-order valence-corrected chi connectivity index (χ1v) is 13.3. The lowest BCUT2D eigenvalue weighted by Gasteiger charge is -2.27. The number of carbonyl (C=O) groups is 2. The Morgan fingerprint density at radius 1 is 1.00 bits per heavy atom. The molecule has 198 valence electrons. The van der Waals surface area contributed by atoms with Gasteiger partial charge < -0.3 is 25.2 Å². The summed E-state index contributed by atoms with van der Waals surface area (Å²) >= 11 is 0. The van der Waals surface area contributed by atoms with E-state index in [4.69, 9.17) is 4.74 Å². The summed E-state index contributed by atoms with van der Waals surface area (Å²) in [6.45, 7) is 4.65. The molecule has 1 saturated carbocycles. The average Bonchev–Trinajstić information content (AvgIpc) is 3.00. The maximum atomic E-state index is 13.1. The van der Waals surface area contributed by atoms with Gasteiger partial charge in [0.1, 0.15) is 11.6 Å². The molecule has 2 aliphatic rings. The molecule has 2 aromatic carbocycles. The molecule has 1 fully saturated rings. The van der Waals surface area contributed by atoms with Crippen LogP contribution in [0.25, 0.3) is 0 Å². The highest BCUT2D eigenvalue weighted by molar-refractivity contribution is 6.13. The monoisotopic (exact) mass is 513 g/mol. The zero-order valence-corrected chi connectivity index (χ0v) is 22.5. The summed E-state index contributed by atoms with van der Waals surface area (Å²) in [6, 6.07) is 15.2. The first-order chi connectivity index (χ1) is 18.4. The fourth-order valence-electron chi connectivity index (χ4n) is 5.25. The minimum absolute atomic E-state index is 0.0757. The van der Waals surface area contributed by atoms with Crippen LogP contribution in [-0.2, 0) is 0 Å². The molecule has 0 saturated heterocycles. The van der Waals surface area contributed by atoms with Gasteiger partial charge in [0.05, 0.1) is 41.1 Å². The zero-order valence-electron chi connectivity index (χ0n) is 22.5. The van der Waals surface area contributed by atoms with Gasteiger partial charge in [0.2, 0.25) is 0 Å². The van der Waals surface area contributed by atoms with Crippen molar-refractivity contribution in [2.45, 2.75) is 45.6 Å². The predicted molar refractivity (Wildman–Crippen MR) is 151 cm³/mol. The highest BCUT2D eigenvalue weighted by Gasteiger charge is 2.28. The van der Waals surface area contributed by atoms with Crippen molar-refractivity contribution < 1.29 is 14.3 Å². The van der Waals surface area contributed by atoms with Gasteiger partial charge in [0.15, 0.2) is 0 Å². The highest BCUT2D eigenvalue weighted by Crippen LogP contribution is 2.40. The van der Waals surface area contributed by atoms with Crippen LogP contribution in [0.4, 0.5) is 28.6 Å². The number of anilines is 5. The van der Waals surface area contributed by atoms with Crippen molar-refractivity contribution in [1.29, 1.82) is 0 Å². The molecule has 8 nitrogen and oxygen atoms in total. The third kappa shape index (κ3) is 5.03. The van der Waals surface area contributed by atoms with E-state index in [1.807, 2.05) is 61.3 Å². The normalized spacial score (nSPS) is 18.8. The minimum atomic E-state index is -0.0797. The molecule has 0 radical (unpaired) electrons. The summed E-state index contributed by atoms with van der Waals surface area (Å²) in [4.78, 5) is 34.3. The van der Waals surface area contributed by atoms with Crippen LogP contribution in [0.2, 0.25) is 0 Å². The molecule has 5 rings (SSSR count). The van der Waals surface area contributed by atoms with E-state index >= 15 is 0 Å². The highest BCUT2D eigenvalue weighted by atomic mass is 16.5. The van der Waals surface area contributed by atoms with Crippen LogP contribution >= 0.6 is 0 Å². The third-order valence-electron chi connectivity index (χ3n) is 7.54. The van der Waals surface area contributed by atoms with Gasteiger partial charge in [0, 0.05) is 31.8 Å². The summed E-state index contributed by atoms with van der Waals surface area (Å²) < 4.78 is 5.90. The molecular weight excluding hydrogens is 478 g/mol. The number of para-hydroxylation sites is 1. The van der Waals surface area contributed by atoms with Crippen molar-refractivity contribution in [3.63, 3.8) is 0 Å². The second-order valence-electron chi connectivity index (χ2n) is 10.2. The molecular formula is C30H35N5O3. The van der Waals surface area contributed by atoms with Crippen molar-refractivity contribution in [3.8, 4) is 5.75 Å². The summed E-state index contributed by atoms with van der Waals surface area (Å²) in [5.41, 5.74) is 4.32. The third-order valence-corrected chi connectivity index (χ3v) is 7.54. The summed E-state index contributed by atoms with van der Waals surface area (Å²) in [5.74, 6) is 1.76. The molecule has 3 aromatic rings. The van der Waals surface area contributed by atoms with Crippen molar-refractivity contribution in [1.82, 2.24) is 10.3 Å². The Hall–Kier alpha value is -4.07. The summed E-state index contributed by atoms with van der Waals surface area (Å²) in [5, 5.41) is 6.54. The number of rotatable bonds is 6. The van der Waals surface area contributed by atoms with Gasteiger partial charge in [-0.2, -0.15) is 0 Å². The Kier molecular flexibility index (Phi) is 7.22. The number of pyridine rings is 1. The number of fused-ring (bicyclic) bond motifs is 2. The quantitative estimate of drug-likeness (QED) is 0.427. The molecule has 2 N–H and O–H groups in total. The fraction of sp³-hybridized carbons (Fsp3) is 0.367. The van der Waals surface area contributed by atoms with Crippen LogP contribution in [0, 0.1) is 5.92 Å². The fourth-order valence-corrected chi connectivity index (χ4v) is 5.25. The van der Waals surface area contributed by atoms with Crippen molar-refractivity contribution in [2.75, 3.05) is 35.8 Å². The molecule has 2 amide bonds. The van der Waals surface area contributed by atoms with Gasteiger partial charge in [-0.3, -0.25) is 9.59 Å². The maximum Gasteiger partial charge on any atom is 0.260 e. The molecule has 0 atom stereocenters. The molecule has 38 heavy (non-hydrogen) atoms. The number of nitrogens with zero attached hydrogens (tertiary/aromatic N) is 3. The molecule has 1 aromatic heterocycles. The van der Waals surface area contributed by atoms with E-state index in [2.05, 4.69) is 22.5 Å². The van der Waals surface area contributed by atoms with Gasteiger partial charge in [-0.15, -0.1) is 0 Å². The molecule has 2 heterocycles. The lowest BCUT2D eigenvalue weighted by Crippen LogP contribution is -2.37. The van der Waals surface area contributed by atoms with Crippen LogP contribution in [0.1, 0.15) is 60.2 Å². The second kappa shape index (κ2) is 10.7. The molecule has 0 unspecified atom stereocenters. The summed E-state index contributed by atoms with van der Waals surface area (Å²) in [6.07, 6.45) is 6.04. The van der Waals surface area contributed by atoms with Crippen LogP contribution in [0.15, 0.2) is 54.7 Å². The molecule has 0 spiro atoms. The van der Waals surface area contributed by atoms with E-state index in [0.29, 0.717) is 40.7 Å². The molecule has 1 aliphatic carbocycles. The molecule has 1 aliphatic heterocycles. The average molecular weight is 514 g/mol. The van der Waals surface area contributed by atoms with Gasteiger partial charge in [-0.1, -0.05) is 19.1 Å². The lowest BCUT2D eigenvalue weighted by atomic mass is 9.87. The van der Waals surface area contributed by atoms with E-state index < -0.39 is 0 Å². The summed E-state index contributed by atoms with van der Waals surface area (Å²) in [7, 11) is 3.71. The molecule has 8 heteroatoms. The van der Waals surface area contributed by atoms with Gasteiger partial charge >= 0.3 is 0 Å². The van der Waals surface area contributed by atoms with E-state index in [9.17, 15) is 9.59 Å². The molecule has 0 bridgehead atoms. The van der Waals surface area contributed by atoms with Gasteiger partial charge in [0.25, 0.3) is 11.8 Å². The smallest absolute Gasteiger partial charge is 0.260 e. The maximum absolute atomic E-state index is 13.1.